The minimum Gasteiger partial charge on any atom is -0.480 e. The van der Waals surface area contributed by atoms with Gasteiger partial charge in [0, 0.05) is 6.61 Å². The number of rotatable bonds is 8. The zero-order chi connectivity index (χ0) is 10.8. The van der Waals surface area contributed by atoms with Crippen molar-refractivity contribution in [3.05, 3.63) is 0 Å². The molecule has 0 saturated carbocycles. The Hall–Kier alpha value is -1.14. The van der Waals surface area contributed by atoms with Gasteiger partial charge in [-0.15, -0.1) is 0 Å². The van der Waals surface area contributed by atoms with Gasteiger partial charge in [0.25, 0.3) is 0 Å². The lowest BCUT2D eigenvalue weighted by Gasteiger charge is -2.04. The minimum atomic E-state index is -1.08. The summed E-state index contributed by atoms with van der Waals surface area (Å²) in [5.41, 5.74) is 0. The van der Waals surface area contributed by atoms with Gasteiger partial charge in [-0.3, -0.25) is 9.59 Å². The third kappa shape index (κ3) is 8.95. The first-order valence-electron chi connectivity index (χ1n) is 4.30. The predicted molar refractivity (Wildman–Crippen MR) is 48.0 cm³/mol. The van der Waals surface area contributed by atoms with Crippen LogP contribution in [0.4, 0.5) is 0 Å². The molecule has 6 nitrogen and oxygen atoms in total. The maximum Gasteiger partial charge on any atom is 0.322 e. The summed E-state index contributed by atoms with van der Waals surface area (Å²) in [7, 11) is 0. The highest BCUT2D eigenvalue weighted by Gasteiger charge is 2.02. The van der Waals surface area contributed by atoms with Gasteiger partial charge in [0.2, 0.25) is 5.91 Å². The van der Waals surface area contributed by atoms with Crippen LogP contribution < -0.4 is 5.32 Å². The Morgan fingerprint density at radius 2 is 1.93 bits per heavy atom. The number of carboxylic acids is 1. The van der Waals surface area contributed by atoms with Crippen molar-refractivity contribution < 1.29 is 24.2 Å². The van der Waals surface area contributed by atoms with Crippen molar-refractivity contribution in [1.82, 2.24) is 5.32 Å². The Bertz CT molecular complexity index is 183. The Labute approximate surface area is 82.2 Å². The van der Waals surface area contributed by atoms with Crippen LogP contribution in [0.1, 0.15) is 6.92 Å². The third-order valence-electron chi connectivity index (χ3n) is 1.25. The second-order valence-electron chi connectivity index (χ2n) is 2.42. The number of nitrogens with one attached hydrogen (secondary N) is 1. The van der Waals surface area contributed by atoms with Gasteiger partial charge in [0.1, 0.15) is 13.2 Å². The molecule has 0 spiro atoms. The van der Waals surface area contributed by atoms with E-state index in [4.69, 9.17) is 14.6 Å². The van der Waals surface area contributed by atoms with Gasteiger partial charge in [-0.05, 0) is 6.92 Å². The monoisotopic (exact) mass is 205 g/mol. The van der Waals surface area contributed by atoms with Crippen molar-refractivity contribution >= 4 is 11.9 Å². The second-order valence-corrected chi connectivity index (χ2v) is 2.42. The number of aliphatic carboxylic acids is 1. The fraction of sp³-hybridized carbons (Fsp3) is 0.750. The van der Waals surface area contributed by atoms with E-state index in [0.29, 0.717) is 19.8 Å². The summed E-state index contributed by atoms with van der Waals surface area (Å²) in [6.45, 7) is 2.71. The zero-order valence-electron chi connectivity index (χ0n) is 8.12. The molecule has 0 aliphatic heterocycles. The van der Waals surface area contributed by atoms with Crippen LogP contribution in [0.5, 0.6) is 0 Å². The third-order valence-corrected chi connectivity index (χ3v) is 1.25. The maximum absolute atomic E-state index is 10.8. The molecule has 0 radical (unpaired) electrons. The molecule has 0 aliphatic rings. The van der Waals surface area contributed by atoms with Crippen molar-refractivity contribution in [2.75, 3.05) is 33.0 Å². The Morgan fingerprint density at radius 3 is 2.50 bits per heavy atom. The van der Waals surface area contributed by atoms with E-state index >= 15 is 0 Å². The van der Waals surface area contributed by atoms with Crippen LogP contribution in [0.2, 0.25) is 0 Å². The van der Waals surface area contributed by atoms with E-state index in [9.17, 15) is 9.59 Å². The zero-order valence-corrected chi connectivity index (χ0v) is 8.12. The van der Waals surface area contributed by atoms with Crippen LogP contribution in [0.25, 0.3) is 0 Å². The lowest BCUT2D eigenvalue weighted by atomic mass is 10.5. The molecular weight excluding hydrogens is 190 g/mol. The van der Waals surface area contributed by atoms with Gasteiger partial charge in [0.15, 0.2) is 0 Å². The lowest BCUT2D eigenvalue weighted by Crippen LogP contribution is -2.32. The molecule has 14 heavy (non-hydrogen) atoms. The maximum atomic E-state index is 10.8. The van der Waals surface area contributed by atoms with E-state index < -0.39 is 11.9 Å². The van der Waals surface area contributed by atoms with E-state index in [-0.39, 0.29) is 13.2 Å². The largest absolute Gasteiger partial charge is 0.480 e. The molecule has 0 aromatic rings. The summed E-state index contributed by atoms with van der Waals surface area (Å²) in [6.07, 6.45) is 0. The molecule has 0 unspecified atom stereocenters. The van der Waals surface area contributed by atoms with Crippen molar-refractivity contribution in [3.63, 3.8) is 0 Å². The molecule has 0 rings (SSSR count). The van der Waals surface area contributed by atoms with E-state index in [1.807, 2.05) is 6.92 Å². The Balaban J connectivity index is 3.22. The van der Waals surface area contributed by atoms with Crippen LogP contribution in [0, 0.1) is 0 Å². The molecule has 0 bridgehead atoms. The minimum absolute atomic E-state index is 0.139. The van der Waals surface area contributed by atoms with Gasteiger partial charge in [-0.2, -0.15) is 0 Å². The van der Waals surface area contributed by atoms with Crippen LogP contribution in [0.15, 0.2) is 0 Å². The number of ether oxygens (including phenoxy) is 2. The average molecular weight is 205 g/mol. The predicted octanol–water partition coefficient (Wildman–Crippen LogP) is -0.760. The number of carbonyl (C=O) groups excluding carboxylic acids is 1. The van der Waals surface area contributed by atoms with Crippen LogP contribution >= 0.6 is 0 Å². The summed E-state index contributed by atoms with van der Waals surface area (Å²) in [4.78, 5) is 20.9. The van der Waals surface area contributed by atoms with E-state index in [0.717, 1.165) is 0 Å². The molecule has 0 atom stereocenters. The summed E-state index contributed by atoms with van der Waals surface area (Å²) in [6, 6.07) is 0. The first-order valence-corrected chi connectivity index (χ1v) is 4.30. The summed E-state index contributed by atoms with van der Waals surface area (Å²) < 4.78 is 9.86. The van der Waals surface area contributed by atoms with Crippen molar-refractivity contribution in [1.29, 1.82) is 0 Å². The molecule has 0 fully saturated rings. The number of amides is 1. The smallest absolute Gasteiger partial charge is 0.322 e. The highest BCUT2D eigenvalue weighted by Crippen LogP contribution is 1.78. The van der Waals surface area contributed by atoms with Crippen molar-refractivity contribution in [2.45, 2.75) is 6.92 Å². The van der Waals surface area contributed by atoms with E-state index in [1.54, 1.807) is 0 Å². The number of hydrogen-bond acceptors (Lipinski definition) is 4. The summed E-state index contributed by atoms with van der Waals surface area (Å²) in [5.74, 6) is -1.52. The second kappa shape index (κ2) is 8.46. The standard InChI is InChI=1S/C8H15NO5/c1-2-13-3-4-14-6-7(10)9-5-8(11)12/h2-6H2,1H3,(H,9,10)(H,11,12). The van der Waals surface area contributed by atoms with Crippen molar-refractivity contribution in [3.8, 4) is 0 Å². The van der Waals surface area contributed by atoms with Crippen LogP contribution in [0.3, 0.4) is 0 Å². The molecular formula is C8H15NO5. The van der Waals surface area contributed by atoms with Gasteiger partial charge in [0.05, 0.1) is 13.2 Å². The number of carboxylic acid groups (broad SMARTS) is 1. The fourth-order valence-corrected chi connectivity index (χ4v) is 0.652. The molecule has 0 aromatic carbocycles. The first-order chi connectivity index (χ1) is 6.66. The molecule has 2 N–H and O–H groups in total. The Morgan fingerprint density at radius 1 is 1.29 bits per heavy atom. The van der Waals surface area contributed by atoms with Gasteiger partial charge >= 0.3 is 5.97 Å². The normalized spacial score (nSPS) is 9.79. The molecule has 6 heteroatoms. The topological polar surface area (TPSA) is 84.9 Å². The molecule has 0 aromatic heterocycles. The van der Waals surface area contributed by atoms with Gasteiger partial charge in [-0.1, -0.05) is 0 Å². The quantitative estimate of drug-likeness (QED) is 0.509. The SMILES string of the molecule is CCOCCOCC(=O)NCC(=O)O. The number of hydrogen-bond donors (Lipinski definition) is 2. The highest BCUT2D eigenvalue weighted by atomic mass is 16.5. The summed E-state index contributed by atoms with van der Waals surface area (Å²) >= 11 is 0. The Kier molecular flexibility index (Phi) is 7.77. The van der Waals surface area contributed by atoms with Crippen molar-refractivity contribution in [2.24, 2.45) is 0 Å². The molecule has 0 heterocycles. The fourth-order valence-electron chi connectivity index (χ4n) is 0.652. The first kappa shape index (κ1) is 12.9. The summed E-state index contributed by atoms with van der Waals surface area (Å²) in [5, 5.41) is 10.4. The molecule has 0 aliphatic carbocycles. The highest BCUT2D eigenvalue weighted by molar-refractivity contribution is 5.81. The van der Waals surface area contributed by atoms with Gasteiger partial charge < -0.3 is 19.9 Å². The lowest BCUT2D eigenvalue weighted by molar-refractivity contribution is -0.138. The van der Waals surface area contributed by atoms with Gasteiger partial charge in [-0.25, -0.2) is 0 Å². The van der Waals surface area contributed by atoms with E-state index in [1.165, 1.54) is 0 Å². The molecule has 1 amide bonds. The average Bonchev–Trinajstić information content (AvgIpc) is 2.14. The van der Waals surface area contributed by atoms with Crippen LogP contribution in [-0.4, -0.2) is 50.0 Å². The van der Waals surface area contributed by atoms with E-state index in [2.05, 4.69) is 5.32 Å². The van der Waals surface area contributed by atoms with Crippen LogP contribution in [-0.2, 0) is 19.1 Å². The number of carbonyl (C=O) groups is 2. The molecule has 82 valence electrons. The molecule has 0 saturated heterocycles.